The third-order valence-electron chi connectivity index (χ3n) is 3.83. The van der Waals surface area contributed by atoms with Crippen LogP contribution in [-0.2, 0) is 6.42 Å². The van der Waals surface area contributed by atoms with Gasteiger partial charge in [-0.25, -0.2) is 0 Å². The monoisotopic (exact) mass is 248 g/mol. The molecule has 3 aromatic rings. The third kappa shape index (κ3) is 2.49. The molecule has 0 radical (unpaired) electrons. The molecule has 0 unspecified atom stereocenters. The van der Waals surface area contributed by atoms with Crippen molar-refractivity contribution in [1.82, 2.24) is 0 Å². The number of hydrogen-bond donors (Lipinski definition) is 0. The zero-order valence-corrected chi connectivity index (χ0v) is 11.7. The van der Waals surface area contributed by atoms with Crippen LogP contribution in [0.1, 0.15) is 30.9 Å². The average Bonchev–Trinajstić information content (AvgIpc) is 2.42. The van der Waals surface area contributed by atoms with Crippen LogP contribution in [0.4, 0.5) is 0 Å². The first-order valence-corrected chi connectivity index (χ1v) is 7.19. The molecule has 0 aliphatic heterocycles. The minimum absolute atomic E-state index is 1.19. The molecule has 0 atom stereocenters. The van der Waals surface area contributed by atoms with Crippen LogP contribution in [0.5, 0.6) is 0 Å². The summed E-state index contributed by atoms with van der Waals surface area (Å²) >= 11 is 0. The van der Waals surface area contributed by atoms with Gasteiger partial charge in [-0.3, -0.25) is 0 Å². The molecule has 0 saturated carbocycles. The van der Waals surface area contributed by atoms with E-state index in [0.29, 0.717) is 0 Å². The first-order valence-electron chi connectivity index (χ1n) is 7.19. The maximum atomic E-state index is 2.35. The van der Waals surface area contributed by atoms with Crippen LogP contribution >= 0.6 is 0 Å². The van der Waals surface area contributed by atoms with Gasteiger partial charge < -0.3 is 0 Å². The Morgan fingerprint density at radius 2 is 1.42 bits per heavy atom. The van der Waals surface area contributed by atoms with Crippen molar-refractivity contribution in [1.29, 1.82) is 0 Å². The number of benzene rings is 3. The molecule has 0 spiro atoms. The van der Waals surface area contributed by atoms with Crippen molar-refractivity contribution in [3.8, 4) is 0 Å². The van der Waals surface area contributed by atoms with Crippen LogP contribution < -0.4 is 0 Å². The lowest BCUT2D eigenvalue weighted by Crippen LogP contribution is -1.85. The van der Waals surface area contributed by atoms with Crippen LogP contribution in [0.2, 0.25) is 0 Å². The van der Waals surface area contributed by atoms with Gasteiger partial charge in [0.15, 0.2) is 0 Å². The fourth-order valence-corrected chi connectivity index (χ4v) is 2.70. The van der Waals surface area contributed by atoms with Crippen LogP contribution in [0, 0.1) is 6.92 Å². The van der Waals surface area contributed by atoms with Gasteiger partial charge in [0, 0.05) is 0 Å². The van der Waals surface area contributed by atoms with Crippen LogP contribution in [0.3, 0.4) is 0 Å². The van der Waals surface area contributed by atoms with E-state index in [-0.39, 0.29) is 0 Å². The minimum Gasteiger partial charge on any atom is -0.0654 e. The largest absolute Gasteiger partial charge is 0.0654 e. The SMILES string of the molecule is CCCCc1ccc2cc3cc(C)ccc3cc2c1. The van der Waals surface area contributed by atoms with Crippen molar-refractivity contribution in [3.05, 3.63) is 59.7 Å². The molecule has 0 saturated heterocycles. The molecular formula is C19H20. The summed E-state index contributed by atoms with van der Waals surface area (Å²) in [4.78, 5) is 0. The predicted molar refractivity (Wildman–Crippen MR) is 84.8 cm³/mol. The standard InChI is InChI=1S/C19H20/c1-3-4-5-15-7-9-17-12-18-10-14(2)6-8-16(18)13-19(17)11-15/h6-13H,3-5H2,1-2H3. The van der Waals surface area contributed by atoms with E-state index in [0.717, 1.165) is 0 Å². The van der Waals surface area contributed by atoms with E-state index in [2.05, 4.69) is 62.4 Å². The number of hydrogen-bond acceptors (Lipinski definition) is 0. The fourth-order valence-electron chi connectivity index (χ4n) is 2.70. The molecule has 0 heteroatoms. The fraction of sp³-hybridized carbons (Fsp3) is 0.263. The van der Waals surface area contributed by atoms with Crippen molar-refractivity contribution in [2.24, 2.45) is 0 Å². The highest BCUT2D eigenvalue weighted by Crippen LogP contribution is 2.25. The highest BCUT2D eigenvalue weighted by molar-refractivity contribution is 5.98. The lowest BCUT2D eigenvalue weighted by atomic mass is 9.99. The topological polar surface area (TPSA) is 0 Å². The Kier molecular flexibility index (Phi) is 3.25. The van der Waals surface area contributed by atoms with Crippen LogP contribution in [-0.4, -0.2) is 0 Å². The molecule has 3 rings (SSSR count). The maximum Gasteiger partial charge on any atom is -0.0175 e. The van der Waals surface area contributed by atoms with E-state index in [4.69, 9.17) is 0 Å². The smallest absolute Gasteiger partial charge is 0.0175 e. The second kappa shape index (κ2) is 5.05. The number of unbranched alkanes of at least 4 members (excludes halogenated alkanes) is 1. The van der Waals surface area contributed by atoms with Gasteiger partial charge >= 0.3 is 0 Å². The van der Waals surface area contributed by atoms with Gasteiger partial charge in [-0.15, -0.1) is 0 Å². The molecule has 0 fully saturated rings. The summed E-state index contributed by atoms with van der Waals surface area (Å²) in [5.74, 6) is 0. The van der Waals surface area contributed by atoms with Crippen molar-refractivity contribution in [2.45, 2.75) is 33.1 Å². The minimum atomic E-state index is 1.19. The molecule has 96 valence electrons. The second-order valence-electron chi connectivity index (χ2n) is 5.49. The Hall–Kier alpha value is -1.82. The van der Waals surface area contributed by atoms with Gasteiger partial charge in [0.2, 0.25) is 0 Å². The third-order valence-corrected chi connectivity index (χ3v) is 3.83. The zero-order valence-electron chi connectivity index (χ0n) is 11.7. The zero-order chi connectivity index (χ0) is 13.2. The van der Waals surface area contributed by atoms with E-state index in [1.807, 2.05) is 0 Å². The Bertz CT molecular complexity index is 723. The van der Waals surface area contributed by atoms with Gasteiger partial charge in [0.25, 0.3) is 0 Å². The maximum absolute atomic E-state index is 2.35. The van der Waals surface area contributed by atoms with Gasteiger partial charge in [0.1, 0.15) is 0 Å². The molecule has 0 heterocycles. The van der Waals surface area contributed by atoms with Gasteiger partial charge in [-0.2, -0.15) is 0 Å². The van der Waals surface area contributed by atoms with E-state index >= 15 is 0 Å². The summed E-state index contributed by atoms with van der Waals surface area (Å²) in [5, 5.41) is 5.39. The average molecular weight is 248 g/mol. The summed E-state index contributed by atoms with van der Waals surface area (Å²) < 4.78 is 0. The Morgan fingerprint density at radius 3 is 2.16 bits per heavy atom. The lowest BCUT2D eigenvalue weighted by molar-refractivity contribution is 0.796. The summed E-state index contributed by atoms with van der Waals surface area (Å²) in [6.07, 6.45) is 3.73. The Labute approximate surface area is 115 Å². The highest BCUT2D eigenvalue weighted by Gasteiger charge is 2.00. The molecule has 0 aromatic heterocycles. The molecule has 0 aliphatic rings. The molecule has 0 amide bonds. The van der Waals surface area contributed by atoms with Gasteiger partial charge in [-0.05, 0) is 59.0 Å². The van der Waals surface area contributed by atoms with Crippen LogP contribution in [0.15, 0.2) is 48.5 Å². The van der Waals surface area contributed by atoms with E-state index in [1.165, 1.54) is 51.9 Å². The first kappa shape index (κ1) is 12.2. The van der Waals surface area contributed by atoms with E-state index < -0.39 is 0 Å². The van der Waals surface area contributed by atoms with Crippen molar-refractivity contribution < 1.29 is 0 Å². The molecular weight excluding hydrogens is 228 g/mol. The van der Waals surface area contributed by atoms with Crippen molar-refractivity contribution in [2.75, 3.05) is 0 Å². The first-order chi connectivity index (χ1) is 9.26. The summed E-state index contributed by atoms with van der Waals surface area (Å²) in [7, 11) is 0. The highest BCUT2D eigenvalue weighted by atomic mass is 14.0. The normalized spacial score (nSPS) is 11.3. The van der Waals surface area contributed by atoms with Crippen molar-refractivity contribution in [3.63, 3.8) is 0 Å². The van der Waals surface area contributed by atoms with Gasteiger partial charge in [-0.1, -0.05) is 55.3 Å². The molecule has 0 aliphatic carbocycles. The lowest BCUT2D eigenvalue weighted by Gasteiger charge is -2.06. The summed E-state index contributed by atoms with van der Waals surface area (Å²) in [6, 6.07) is 18.2. The second-order valence-corrected chi connectivity index (χ2v) is 5.49. The van der Waals surface area contributed by atoms with Crippen molar-refractivity contribution >= 4 is 21.5 Å². The molecule has 3 aromatic carbocycles. The Balaban J connectivity index is 2.12. The van der Waals surface area contributed by atoms with Gasteiger partial charge in [0.05, 0.1) is 0 Å². The number of rotatable bonds is 3. The number of fused-ring (bicyclic) bond motifs is 2. The number of aryl methyl sites for hydroxylation is 2. The van der Waals surface area contributed by atoms with Crippen LogP contribution in [0.25, 0.3) is 21.5 Å². The molecule has 0 bridgehead atoms. The molecule has 19 heavy (non-hydrogen) atoms. The molecule has 0 nitrogen and oxygen atoms in total. The van der Waals surface area contributed by atoms with E-state index in [1.54, 1.807) is 0 Å². The summed E-state index contributed by atoms with van der Waals surface area (Å²) in [5.41, 5.74) is 2.78. The quantitative estimate of drug-likeness (QED) is 0.526. The van der Waals surface area contributed by atoms with E-state index in [9.17, 15) is 0 Å². The Morgan fingerprint density at radius 1 is 0.737 bits per heavy atom. The summed E-state index contributed by atoms with van der Waals surface area (Å²) in [6.45, 7) is 4.40. The predicted octanol–water partition coefficient (Wildman–Crippen LogP) is 5.64. The molecule has 0 N–H and O–H groups in total.